The van der Waals surface area contributed by atoms with Gasteiger partial charge < -0.3 is 0 Å². The second-order valence-electron chi connectivity index (χ2n) is 5.52. The van der Waals surface area contributed by atoms with Gasteiger partial charge >= 0.3 is 0 Å². The molecule has 7 nitrogen and oxygen atoms in total. The van der Waals surface area contributed by atoms with Gasteiger partial charge in [0.05, 0.1) is 11.4 Å². The molecule has 0 radical (unpaired) electrons. The molecule has 0 aromatic heterocycles. The summed E-state index contributed by atoms with van der Waals surface area (Å²) in [5.41, 5.74) is 4.69. The molecule has 1 aromatic carbocycles. The van der Waals surface area contributed by atoms with E-state index in [9.17, 15) is 14.4 Å². The maximum Gasteiger partial charge on any atom is 0.240 e. The first kappa shape index (κ1) is 16.7. The van der Waals surface area contributed by atoms with Crippen LogP contribution in [-0.4, -0.2) is 29.2 Å². The quantitative estimate of drug-likeness (QED) is 0.665. The monoisotopic (exact) mass is 314 g/mol. The standard InChI is InChI=1S/C16H18N4O3/c1-9-8-14(23)18-19-15(9)12-4-6-13(7-5-12)17-20-16(10(2)21)11(3)22/h4-7,9,16H,8H2,1-3H3,(H,18,23). The summed E-state index contributed by atoms with van der Waals surface area (Å²) in [5, 5.41) is 11.8. The molecule has 1 heterocycles. The predicted molar refractivity (Wildman–Crippen MR) is 84.6 cm³/mol. The normalized spacial score (nSPS) is 18.0. The van der Waals surface area contributed by atoms with E-state index in [4.69, 9.17) is 0 Å². The number of rotatable bonds is 5. The highest BCUT2D eigenvalue weighted by atomic mass is 16.2. The zero-order valence-corrected chi connectivity index (χ0v) is 13.2. The van der Waals surface area contributed by atoms with Crippen LogP contribution in [0.4, 0.5) is 5.69 Å². The van der Waals surface area contributed by atoms with Crippen LogP contribution in [0.15, 0.2) is 39.6 Å². The Kier molecular flexibility index (Phi) is 5.10. The van der Waals surface area contributed by atoms with Crippen LogP contribution in [0.3, 0.4) is 0 Å². The van der Waals surface area contributed by atoms with E-state index in [1.807, 2.05) is 19.1 Å². The topological polar surface area (TPSA) is 100 Å². The van der Waals surface area contributed by atoms with Crippen LogP contribution < -0.4 is 5.43 Å². The van der Waals surface area contributed by atoms with E-state index < -0.39 is 6.04 Å². The van der Waals surface area contributed by atoms with Gasteiger partial charge in [-0.05, 0) is 31.5 Å². The lowest BCUT2D eigenvalue weighted by molar-refractivity contribution is -0.126. The van der Waals surface area contributed by atoms with Gasteiger partial charge in [-0.25, -0.2) is 5.43 Å². The number of hydrogen-bond donors (Lipinski definition) is 1. The van der Waals surface area contributed by atoms with Gasteiger partial charge in [0.15, 0.2) is 17.6 Å². The average molecular weight is 314 g/mol. The van der Waals surface area contributed by atoms with Crippen molar-refractivity contribution in [3.8, 4) is 0 Å². The Balaban J connectivity index is 2.15. The summed E-state index contributed by atoms with van der Waals surface area (Å²) in [6.45, 7) is 4.56. The molecule has 23 heavy (non-hydrogen) atoms. The van der Waals surface area contributed by atoms with Crippen LogP contribution in [0.2, 0.25) is 0 Å². The number of ketones is 2. The molecule has 0 spiro atoms. The molecule has 1 unspecified atom stereocenters. The Labute approximate surface area is 133 Å². The highest BCUT2D eigenvalue weighted by Gasteiger charge is 2.21. The Morgan fingerprint density at radius 2 is 1.83 bits per heavy atom. The molecule has 1 aliphatic rings. The number of benzene rings is 1. The Bertz CT molecular complexity index is 678. The number of azo groups is 1. The van der Waals surface area contributed by atoms with Crippen LogP contribution >= 0.6 is 0 Å². The largest absolute Gasteiger partial charge is 0.297 e. The molecular weight excluding hydrogens is 296 g/mol. The summed E-state index contributed by atoms with van der Waals surface area (Å²) >= 11 is 0. The first-order valence-electron chi connectivity index (χ1n) is 7.27. The van der Waals surface area contributed by atoms with Gasteiger partial charge in [0, 0.05) is 12.3 Å². The lowest BCUT2D eigenvalue weighted by Crippen LogP contribution is -2.31. The second kappa shape index (κ2) is 7.04. The van der Waals surface area contributed by atoms with Gasteiger partial charge in [0.25, 0.3) is 0 Å². The second-order valence-corrected chi connectivity index (χ2v) is 5.52. The van der Waals surface area contributed by atoms with Crippen LogP contribution in [-0.2, 0) is 14.4 Å². The fourth-order valence-electron chi connectivity index (χ4n) is 2.27. The van der Waals surface area contributed by atoms with Crippen molar-refractivity contribution >= 4 is 28.9 Å². The van der Waals surface area contributed by atoms with E-state index in [-0.39, 0.29) is 23.4 Å². The summed E-state index contributed by atoms with van der Waals surface area (Å²) in [5.74, 6) is -0.722. The van der Waals surface area contributed by atoms with Crippen molar-refractivity contribution in [1.29, 1.82) is 0 Å². The Morgan fingerprint density at radius 3 is 2.35 bits per heavy atom. The number of carbonyl (C=O) groups excluding carboxylic acids is 3. The lowest BCUT2D eigenvalue weighted by Gasteiger charge is -2.19. The summed E-state index contributed by atoms with van der Waals surface area (Å²) in [7, 11) is 0. The van der Waals surface area contributed by atoms with E-state index >= 15 is 0 Å². The summed E-state index contributed by atoms with van der Waals surface area (Å²) in [6, 6.07) is 6.03. The minimum Gasteiger partial charge on any atom is -0.297 e. The van der Waals surface area contributed by atoms with Crippen molar-refractivity contribution in [2.24, 2.45) is 21.2 Å². The van der Waals surface area contributed by atoms with Crippen molar-refractivity contribution in [2.75, 3.05) is 0 Å². The number of Topliss-reactive ketones (excluding diaryl/α,β-unsaturated/α-hetero) is 2. The Hall–Kier alpha value is -2.70. The first-order chi connectivity index (χ1) is 10.9. The molecule has 0 saturated carbocycles. The number of hydrazone groups is 1. The Morgan fingerprint density at radius 1 is 1.22 bits per heavy atom. The number of nitrogens with zero attached hydrogens (tertiary/aromatic N) is 3. The van der Waals surface area contributed by atoms with E-state index in [0.29, 0.717) is 12.1 Å². The van der Waals surface area contributed by atoms with E-state index in [2.05, 4.69) is 20.8 Å². The molecule has 1 amide bonds. The molecule has 1 N–H and O–H groups in total. The minimum atomic E-state index is -1.05. The summed E-state index contributed by atoms with van der Waals surface area (Å²) in [6.07, 6.45) is 0.402. The molecule has 0 fully saturated rings. The van der Waals surface area contributed by atoms with Gasteiger partial charge in [-0.1, -0.05) is 19.1 Å². The molecule has 0 aliphatic carbocycles. The zero-order valence-electron chi connectivity index (χ0n) is 13.2. The van der Waals surface area contributed by atoms with Crippen LogP contribution in [0.25, 0.3) is 0 Å². The molecule has 2 rings (SSSR count). The van der Waals surface area contributed by atoms with Crippen molar-refractivity contribution in [1.82, 2.24) is 5.43 Å². The molecular formula is C16H18N4O3. The van der Waals surface area contributed by atoms with Gasteiger partial charge in [-0.3, -0.25) is 14.4 Å². The minimum absolute atomic E-state index is 0.0380. The number of amides is 1. The smallest absolute Gasteiger partial charge is 0.240 e. The highest BCUT2D eigenvalue weighted by Crippen LogP contribution is 2.20. The summed E-state index contributed by atoms with van der Waals surface area (Å²) in [4.78, 5) is 33.9. The average Bonchev–Trinajstić information content (AvgIpc) is 2.47. The van der Waals surface area contributed by atoms with Crippen LogP contribution in [0, 0.1) is 5.92 Å². The van der Waals surface area contributed by atoms with E-state index in [1.54, 1.807) is 12.1 Å². The number of hydrogen-bond acceptors (Lipinski definition) is 6. The number of carbonyl (C=O) groups is 3. The third-order valence-corrected chi connectivity index (χ3v) is 3.48. The maximum absolute atomic E-state index is 11.3. The third-order valence-electron chi connectivity index (χ3n) is 3.48. The van der Waals surface area contributed by atoms with Crippen molar-refractivity contribution in [3.63, 3.8) is 0 Å². The highest BCUT2D eigenvalue weighted by molar-refractivity contribution is 6.06. The van der Waals surface area contributed by atoms with Crippen molar-refractivity contribution in [2.45, 2.75) is 33.2 Å². The molecule has 1 atom stereocenters. The first-order valence-corrected chi connectivity index (χ1v) is 7.27. The molecule has 0 saturated heterocycles. The molecule has 7 heteroatoms. The van der Waals surface area contributed by atoms with Gasteiger partial charge in [-0.2, -0.15) is 15.3 Å². The fourth-order valence-corrected chi connectivity index (χ4v) is 2.27. The third kappa shape index (κ3) is 4.15. The molecule has 1 aliphatic heterocycles. The maximum atomic E-state index is 11.3. The van der Waals surface area contributed by atoms with Crippen molar-refractivity contribution in [3.05, 3.63) is 29.8 Å². The molecule has 120 valence electrons. The lowest BCUT2D eigenvalue weighted by atomic mass is 9.94. The predicted octanol–water partition coefficient (Wildman–Crippen LogP) is 2.18. The van der Waals surface area contributed by atoms with Gasteiger partial charge in [0.2, 0.25) is 5.91 Å². The van der Waals surface area contributed by atoms with Gasteiger partial charge in [-0.15, -0.1) is 0 Å². The van der Waals surface area contributed by atoms with Gasteiger partial charge in [0.1, 0.15) is 0 Å². The zero-order chi connectivity index (χ0) is 17.0. The van der Waals surface area contributed by atoms with E-state index in [0.717, 1.165) is 11.3 Å². The van der Waals surface area contributed by atoms with Crippen LogP contribution in [0.5, 0.6) is 0 Å². The van der Waals surface area contributed by atoms with E-state index in [1.165, 1.54) is 13.8 Å². The SMILES string of the molecule is CC(=O)C(N=Nc1ccc(C2=NNC(=O)CC2C)cc1)C(C)=O. The van der Waals surface area contributed by atoms with Crippen molar-refractivity contribution < 1.29 is 14.4 Å². The van der Waals surface area contributed by atoms with Crippen LogP contribution in [0.1, 0.15) is 32.8 Å². The molecule has 1 aromatic rings. The fraction of sp³-hybridized carbons (Fsp3) is 0.375. The summed E-state index contributed by atoms with van der Waals surface area (Å²) < 4.78 is 0. The molecule has 0 bridgehead atoms. The number of nitrogens with one attached hydrogen (secondary N) is 1.